The number of rotatable bonds is 5. The van der Waals surface area contributed by atoms with Crippen LogP contribution in [0.25, 0.3) is 12.2 Å². The van der Waals surface area contributed by atoms with Crippen molar-refractivity contribution in [2.24, 2.45) is 0 Å². The Morgan fingerprint density at radius 1 is 1.31 bits per heavy atom. The molecule has 1 aromatic heterocycles. The molecule has 136 valence electrons. The molecule has 0 bridgehead atoms. The molecule has 0 saturated heterocycles. The van der Waals surface area contributed by atoms with E-state index in [0.717, 1.165) is 6.07 Å². The van der Waals surface area contributed by atoms with Gasteiger partial charge in [0.15, 0.2) is 11.5 Å². The number of ether oxygens (including phenoxy) is 2. The van der Waals surface area contributed by atoms with Crippen LogP contribution in [0.2, 0.25) is 0 Å². The topological polar surface area (TPSA) is 64.2 Å². The molecule has 1 N–H and O–H groups in total. The lowest BCUT2D eigenvalue weighted by Gasteiger charge is -2.11. The van der Waals surface area contributed by atoms with E-state index in [1.165, 1.54) is 19.3 Å². The maximum atomic E-state index is 12.7. The van der Waals surface area contributed by atoms with Gasteiger partial charge in [0.2, 0.25) is 0 Å². The fraction of sp³-hybridized carbons (Fsp3) is 0.176. The van der Waals surface area contributed by atoms with E-state index in [-0.39, 0.29) is 12.3 Å². The van der Waals surface area contributed by atoms with Crippen LogP contribution in [0.1, 0.15) is 17.0 Å². The number of halogens is 4. The standard InChI is InChI=1S/C17H12BrF3N2O3/c1-3-6-26-14-9-12(18)10(7-13(14)25-2)4-5-11-8-15(17(19,20)21)23-16(24)22-11/h1,4-5,7-9H,6H2,2H3,(H,22,23,24). The normalized spacial score (nSPS) is 11.4. The van der Waals surface area contributed by atoms with Gasteiger partial charge in [0.25, 0.3) is 0 Å². The molecule has 0 fully saturated rings. The van der Waals surface area contributed by atoms with Crippen molar-refractivity contribution in [1.29, 1.82) is 0 Å². The minimum atomic E-state index is -4.68. The van der Waals surface area contributed by atoms with Crippen LogP contribution in [0.5, 0.6) is 11.5 Å². The SMILES string of the molecule is C#CCOc1cc(Br)c(C=Cc2cc(C(F)(F)F)[nH]c(=O)n2)cc1OC. The van der Waals surface area contributed by atoms with E-state index >= 15 is 0 Å². The van der Waals surface area contributed by atoms with Crippen LogP contribution in [-0.2, 0) is 6.18 Å². The lowest BCUT2D eigenvalue weighted by Crippen LogP contribution is -2.19. The van der Waals surface area contributed by atoms with E-state index in [9.17, 15) is 18.0 Å². The molecule has 0 aliphatic heterocycles. The van der Waals surface area contributed by atoms with Gasteiger partial charge in [0.05, 0.1) is 12.8 Å². The van der Waals surface area contributed by atoms with Crippen LogP contribution in [0.4, 0.5) is 13.2 Å². The molecule has 0 atom stereocenters. The molecule has 5 nitrogen and oxygen atoms in total. The molecule has 9 heteroatoms. The van der Waals surface area contributed by atoms with Crippen LogP contribution >= 0.6 is 15.9 Å². The zero-order valence-electron chi connectivity index (χ0n) is 13.4. The molecule has 0 unspecified atom stereocenters. The van der Waals surface area contributed by atoms with E-state index in [4.69, 9.17) is 15.9 Å². The van der Waals surface area contributed by atoms with Crippen LogP contribution in [0.15, 0.2) is 27.5 Å². The molecule has 0 amide bonds. The number of terminal acetylenes is 1. The molecule has 1 aromatic carbocycles. The summed E-state index contributed by atoms with van der Waals surface area (Å²) >= 11 is 3.33. The fourth-order valence-electron chi connectivity index (χ4n) is 1.96. The molecule has 0 radical (unpaired) electrons. The number of aromatic nitrogens is 2. The Morgan fingerprint density at radius 3 is 2.65 bits per heavy atom. The summed E-state index contributed by atoms with van der Waals surface area (Å²) in [6.07, 6.45) is 3.24. The van der Waals surface area contributed by atoms with E-state index in [2.05, 4.69) is 26.8 Å². The van der Waals surface area contributed by atoms with Crippen molar-refractivity contribution in [2.45, 2.75) is 6.18 Å². The highest BCUT2D eigenvalue weighted by atomic mass is 79.9. The Morgan fingerprint density at radius 2 is 2.04 bits per heavy atom. The van der Waals surface area contributed by atoms with E-state index in [1.807, 2.05) is 0 Å². The van der Waals surface area contributed by atoms with Gasteiger partial charge in [-0.2, -0.15) is 18.2 Å². The number of methoxy groups -OCH3 is 1. The lowest BCUT2D eigenvalue weighted by atomic mass is 10.1. The van der Waals surface area contributed by atoms with Gasteiger partial charge in [0, 0.05) is 4.47 Å². The second kappa shape index (κ2) is 8.10. The first-order chi connectivity index (χ1) is 12.2. The Balaban J connectivity index is 2.38. The van der Waals surface area contributed by atoms with Crippen LogP contribution < -0.4 is 15.2 Å². The first-order valence-corrected chi connectivity index (χ1v) is 7.84. The van der Waals surface area contributed by atoms with Crippen molar-refractivity contribution in [3.8, 4) is 23.8 Å². The maximum Gasteiger partial charge on any atom is 0.431 e. The summed E-state index contributed by atoms with van der Waals surface area (Å²) < 4.78 is 49.4. The molecule has 1 heterocycles. The third-order valence-electron chi connectivity index (χ3n) is 3.10. The molecule has 0 spiro atoms. The number of hydrogen-bond acceptors (Lipinski definition) is 4. The summed E-state index contributed by atoms with van der Waals surface area (Å²) in [7, 11) is 1.44. The third-order valence-corrected chi connectivity index (χ3v) is 3.78. The molecule has 0 aliphatic rings. The maximum absolute atomic E-state index is 12.7. The third kappa shape index (κ3) is 4.89. The number of hydrogen-bond donors (Lipinski definition) is 1. The van der Waals surface area contributed by atoms with Crippen molar-refractivity contribution in [3.05, 3.63) is 50.1 Å². The van der Waals surface area contributed by atoms with Gasteiger partial charge in [0.1, 0.15) is 12.3 Å². The molecule has 0 aliphatic carbocycles. The second-order valence-corrected chi connectivity index (χ2v) is 5.73. The average molecular weight is 429 g/mol. The monoisotopic (exact) mass is 428 g/mol. The molecule has 0 saturated carbocycles. The van der Waals surface area contributed by atoms with Gasteiger partial charge in [-0.05, 0) is 29.8 Å². The molecule has 26 heavy (non-hydrogen) atoms. The van der Waals surface area contributed by atoms with Crippen molar-refractivity contribution in [1.82, 2.24) is 9.97 Å². The van der Waals surface area contributed by atoms with Gasteiger partial charge in [-0.3, -0.25) is 0 Å². The van der Waals surface area contributed by atoms with Crippen LogP contribution in [0.3, 0.4) is 0 Å². The highest BCUT2D eigenvalue weighted by Gasteiger charge is 2.32. The molecule has 2 aromatic rings. The first kappa shape index (κ1) is 19.6. The predicted octanol–water partition coefficient (Wildman–Crippen LogP) is 3.74. The summed E-state index contributed by atoms with van der Waals surface area (Å²) in [4.78, 5) is 16.5. The largest absolute Gasteiger partial charge is 0.493 e. The number of aromatic amines is 1. The van der Waals surface area contributed by atoms with Gasteiger partial charge >= 0.3 is 11.9 Å². The summed E-state index contributed by atoms with van der Waals surface area (Å²) in [6.45, 7) is 0.0505. The Kier molecular flexibility index (Phi) is 6.10. The molecular formula is C17H12BrF3N2O3. The average Bonchev–Trinajstić information content (AvgIpc) is 2.57. The number of nitrogens with zero attached hydrogens (tertiary/aromatic N) is 1. The Bertz CT molecular complexity index is 930. The van der Waals surface area contributed by atoms with Crippen molar-refractivity contribution >= 4 is 28.1 Å². The summed E-state index contributed by atoms with van der Waals surface area (Å²) in [5.74, 6) is 3.12. The predicted molar refractivity (Wildman–Crippen MR) is 93.8 cm³/mol. The lowest BCUT2D eigenvalue weighted by molar-refractivity contribution is -0.141. The Labute approximate surface area is 155 Å². The van der Waals surface area contributed by atoms with Crippen molar-refractivity contribution < 1.29 is 22.6 Å². The van der Waals surface area contributed by atoms with Crippen molar-refractivity contribution in [2.75, 3.05) is 13.7 Å². The minimum Gasteiger partial charge on any atom is -0.493 e. The number of alkyl halides is 3. The molecular weight excluding hydrogens is 417 g/mol. The van der Waals surface area contributed by atoms with Gasteiger partial charge in [-0.1, -0.05) is 27.9 Å². The summed E-state index contributed by atoms with van der Waals surface area (Å²) in [6, 6.07) is 3.96. The Hall–Kier alpha value is -2.73. The van der Waals surface area contributed by atoms with Crippen LogP contribution in [0, 0.1) is 12.3 Å². The van der Waals surface area contributed by atoms with Crippen molar-refractivity contribution in [3.63, 3.8) is 0 Å². The van der Waals surface area contributed by atoms with Gasteiger partial charge in [-0.15, -0.1) is 6.42 Å². The minimum absolute atomic E-state index is 0.0505. The second-order valence-electron chi connectivity index (χ2n) is 4.87. The first-order valence-electron chi connectivity index (χ1n) is 7.05. The number of H-pyrrole nitrogens is 1. The van der Waals surface area contributed by atoms with Gasteiger partial charge in [-0.25, -0.2) is 4.79 Å². The van der Waals surface area contributed by atoms with E-state index < -0.39 is 17.6 Å². The number of nitrogens with one attached hydrogen (secondary N) is 1. The fourth-order valence-corrected chi connectivity index (χ4v) is 2.41. The van der Waals surface area contributed by atoms with Crippen LogP contribution in [-0.4, -0.2) is 23.7 Å². The van der Waals surface area contributed by atoms with E-state index in [0.29, 0.717) is 21.5 Å². The summed E-state index contributed by atoms with van der Waals surface area (Å²) in [5.41, 5.74) is -1.83. The molecule has 2 rings (SSSR count). The smallest absolute Gasteiger partial charge is 0.431 e. The van der Waals surface area contributed by atoms with Gasteiger partial charge < -0.3 is 14.5 Å². The number of benzene rings is 1. The van der Waals surface area contributed by atoms with E-state index in [1.54, 1.807) is 17.1 Å². The zero-order valence-corrected chi connectivity index (χ0v) is 14.9. The summed E-state index contributed by atoms with van der Waals surface area (Å²) in [5, 5.41) is 0. The highest BCUT2D eigenvalue weighted by molar-refractivity contribution is 9.10. The quantitative estimate of drug-likeness (QED) is 0.736. The zero-order chi connectivity index (χ0) is 19.3. The highest BCUT2D eigenvalue weighted by Crippen LogP contribution is 2.34.